The average molecular weight is 369 g/mol. The highest BCUT2D eigenvalue weighted by Crippen LogP contribution is 2.22. The fraction of sp³-hybridized carbons (Fsp3) is 0.176. The number of benzene rings is 2. The Hall–Kier alpha value is -2.11. The zero-order valence-electron chi connectivity index (χ0n) is 12.6. The van der Waals surface area contributed by atoms with Crippen LogP contribution in [0.1, 0.15) is 11.1 Å². The van der Waals surface area contributed by atoms with E-state index in [1.165, 1.54) is 18.2 Å². The fourth-order valence-corrected chi connectivity index (χ4v) is 2.69. The van der Waals surface area contributed by atoms with Crippen molar-refractivity contribution in [2.24, 2.45) is 5.73 Å². The zero-order valence-corrected chi connectivity index (χ0v) is 14.1. The molecule has 4 nitrogen and oxygen atoms in total. The van der Waals surface area contributed by atoms with Gasteiger partial charge in [-0.05, 0) is 35.4 Å². The van der Waals surface area contributed by atoms with Crippen molar-refractivity contribution in [2.45, 2.75) is 18.9 Å². The molecule has 0 radical (unpaired) electrons. The molecule has 0 spiro atoms. The molecule has 0 saturated carbocycles. The number of nitrogens with two attached hydrogens (primary N) is 1. The average Bonchev–Trinajstić information content (AvgIpc) is 2.48. The van der Waals surface area contributed by atoms with Gasteiger partial charge < -0.3 is 11.1 Å². The van der Waals surface area contributed by atoms with Crippen molar-refractivity contribution in [3.8, 4) is 0 Å². The first kappa shape index (κ1) is 18.2. The summed E-state index contributed by atoms with van der Waals surface area (Å²) >= 11 is 11.9. The minimum Gasteiger partial charge on any atom is -0.368 e. The summed E-state index contributed by atoms with van der Waals surface area (Å²) in [6.45, 7) is 0. The SMILES string of the molecule is NC(=O)[C@H](Cc1ccc(Cl)cc1Cl)NC(=O)Cc1cccc(F)c1. The Balaban J connectivity index is 2.05. The van der Waals surface area contributed by atoms with Crippen molar-refractivity contribution < 1.29 is 14.0 Å². The number of carbonyl (C=O) groups excluding carboxylic acids is 2. The minimum absolute atomic E-state index is 0.0596. The Morgan fingerprint density at radius 1 is 1.17 bits per heavy atom. The molecule has 0 aromatic heterocycles. The Labute approximate surface area is 148 Å². The largest absolute Gasteiger partial charge is 0.368 e. The molecule has 0 bridgehead atoms. The molecule has 0 fully saturated rings. The molecule has 2 aromatic rings. The van der Waals surface area contributed by atoms with Crippen molar-refractivity contribution in [3.05, 3.63) is 69.5 Å². The topological polar surface area (TPSA) is 72.2 Å². The van der Waals surface area contributed by atoms with Gasteiger partial charge in [0.1, 0.15) is 11.9 Å². The molecule has 3 N–H and O–H groups in total. The van der Waals surface area contributed by atoms with E-state index in [0.29, 0.717) is 21.2 Å². The quantitative estimate of drug-likeness (QED) is 0.822. The van der Waals surface area contributed by atoms with Crippen molar-refractivity contribution in [1.29, 1.82) is 0 Å². The van der Waals surface area contributed by atoms with Crippen LogP contribution in [0.3, 0.4) is 0 Å². The predicted octanol–water partition coefficient (Wildman–Crippen LogP) is 2.89. The maximum atomic E-state index is 13.1. The highest BCUT2D eigenvalue weighted by Gasteiger charge is 2.20. The van der Waals surface area contributed by atoms with Crippen LogP contribution in [0.5, 0.6) is 0 Å². The minimum atomic E-state index is -0.926. The van der Waals surface area contributed by atoms with Gasteiger partial charge in [-0.25, -0.2) is 4.39 Å². The van der Waals surface area contributed by atoms with Crippen LogP contribution in [0.25, 0.3) is 0 Å². The monoisotopic (exact) mass is 368 g/mol. The summed E-state index contributed by atoms with van der Waals surface area (Å²) in [6.07, 6.45) is 0.0795. The lowest BCUT2D eigenvalue weighted by molar-refractivity contribution is -0.127. The number of halogens is 3. The second-order valence-corrected chi connectivity index (χ2v) is 6.11. The van der Waals surface area contributed by atoms with Gasteiger partial charge in [0.15, 0.2) is 0 Å². The Kier molecular flexibility index (Phi) is 6.17. The molecule has 126 valence electrons. The van der Waals surface area contributed by atoms with Gasteiger partial charge in [-0.15, -0.1) is 0 Å². The first-order valence-corrected chi connectivity index (χ1v) is 7.88. The predicted molar refractivity (Wildman–Crippen MR) is 91.4 cm³/mol. The van der Waals surface area contributed by atoms with Gasteiger partial charge in [-0.3, -0.25) is 9.59 Å². The van der Waals surface area contributed by atoms with E-state index in [9.17, 15) is 14.0 Å². The standard InChI is InChI=1S/C17H15Cl2FN2O2/c18-12-5-4-11(14(19)9-12)8-15(17(21)24)22-16(23)7-10-2-1-3-13(20)6-10/h1-6,9,15H,7-8H2,(H2,21,24)(H,22,23)/t15-/m0/s1. The van der Waals surface area contributed by atoms with Crippen molar-refractivity contribution >= 4 is 35.0 Å². The third-order valence-corrected chi connectivity index (χ3v) is 3.96. The fourth-order valence-electron chi connectivity index (χ4n) is 2.21. The van der Waals surface area contributed by atoms with Gasteiger partial charge in [0, 0.05) is 16.5 Å². The van der Waals surface area contributed by atoms with E-state index in [2.05, 4.69) is 5.32 Å². The highest BCUT2D eigenvalue weighted by atomic mass is 35.5. The lowest BCUT2D eigenvalue weighted by Crippen LogP contribution is -2.46. The Morgan fingerprint density at radius 3 is 2.54 bits per heavy atom. The summed E-state index contributed by atoms with van der Waals surface area (Å²) in [5.74, 6) is -1.55. The Bertz CT molecular complexity index is 768. The summed E-state index contributed by atoms with van der Waals surface area (Å²) in [5, 5.41) is 3.40. The zero-order chi connectivity index (χ0) is 17.7. The van der Waals surface area contributed by atoms with E-state index in [4.69, 9.17) is 28.9 Å². The molecule has 7 heteroatoms. The van der Waals surface area contributed by atoms with Gasteiger partial charge in [0.25, 0.3) is 0 Å². The van der Waals surface area contributed by atoms with Crippen LogP contribution in [0.4, 0.5) is 4.39 Å². The summed E-state index contributed by atoms with van der Waals surface area (Å²) in [7, 11) is 0. The Morgan fingerprint density at radius 2 is 1.92 bits per heavy atom. The number of carbonyl (C=O) groups is 2. The third kappa shape index (κ3) is 5.22. The number of primary amides is 1. The molecule has 2 rings (SSSR count). The molecule has 2 amide bonds. The summed E-state index contributed by atoms with van der Waals surface area (Å²) in [5.41, 5.74) is 6.48. The molecule has 0 saturated heterocycles. The summed E-state index contributed by atoms with van der Waals surface area (Å²) in [6, 6.07) is 9.60. The molecule has 1 atom stereocenters. The van der Waals surface area contributed by atoms with Crippen LogP contribution in [0.2, 0.25) is 10.0 Å². The van der Waals surface area contributed by atoms with Crippen LogP contribution in [0.15, 0.2) is 42.5 Å². The molecule has 0 aliphatic rings. The maximum absolute atomic E-state index is 13.1. The van der Waals surface area contributed by atoms with Crippen LogP contribution in [0, 0.1) is 5.82 Å². The molecule has 24 heavy (non-hydrogen) atoms. The molecule has 0 aliphatic carbocycles. The summed E-state index contributed by atoms with van der Waals surface area (Å²) < 4.78 is 13.1. The van der Waals surface area contributed by atoms with Gasteiger partial charge in [0.2, 0.25) is 11.8 Å². The third-order valence-electron chi connectivity index (χ3n) is 3.37. The smallest absolute Gasteiger partial charge is 0.240 e. The lowest BCUT2D eigenvalue weighted by atomic mass is 10.0. The highest BCUT2D eigenvalue weighted by molar-refractivity contribution is 6.35. The maximum Gasteiger partial charge on any atom is 0.240 e. The van der Waals surface area contributed by atoms with E-state index in [-0.39, 0.29) is 12.8 Å². The number of hydrogen-bond donors (Lipinski definition) is 2. The summed E-state index contributed by atoms with van der Waals surface area (Å²) in [4.78, 5) is 23.7. The van der Waals surface area contributed by atoms with Crippen LogP contribution in [-0.4, -0.2) is 17.9 Å². The van der Waals surface area contributed by atoms with E-state index < -0.39 is 23.7 Å². The van der Waals surface area contributed by atoms with E-state index in [0.717, 1.165) is 0 Å². The van der Waals surface area contributed by atoms with Crippen LogP contribution < -0.4 is 11.1 Å². The molecular formula is C17H15Cl2FN2O2. The second-order valence-electron chi connectivity index (χ2n) is 5.27. The number of hydrogen-bond acceptors (Lipinski definition) is 2. The van der Waals surface area contributed by atoms with E-state index >= 15 is 0 Å². The normalized spacial score (nSPS) is 11.8. The van der Waals surface area contributed by atoms with Gasteiger partial charge in [-0.1, -0.05) is 41.4 Å². The van der Waals surface area contributed by atoms with Crippen molar-refractivity contribution in [2.75, 3.05) is 0 Å². The number of amides is 2. The first-order valence-electron chi connectivity index (χ1n) is 7.12. The van der Waals surface area contributed by atoms with Gasteiger partial charge >= 0.3 is 0 Å². The van der Waals surface area contributed by atoms with E-state index in [1.54, 1.807) is 24.3 Å². The van der Waals surface area contributed by atoms with E-state index in [1.807, 2.05) is 0 Å². The lowest BCUT2D eigenvalue weighted by Gasteiger charge is -2.16. The number of rotatable bonds is 6. The first-order chi connectivity index (χ1) is 11.3. The number of nitrogens with one attached hydrogen (secondary N) is 1. The molecule has 0 heterocycles. The van der Waals surface area contributed by atoms with Crippen LogP contribution in [-0.2, 0) is 22.4 Å². The second kappa shape index (κ2) is 8.13. The molecule has 2 aromatic carbocycles. The molecule has 0 unspecified atom stereocenters. The van der Waals surface area contributed by atoms with Crippen molar-refractivity contribution in [3.63, 3.8) is 0 Å². The van der Waals surface area contributed by atoms with Gasteiger partial charge in [0.05, 0.1) is 6.42 Å². The van der Waals surface area contributed by atoms with Crippen LogP contribution >= 0.6 is 23.2 Å². The molecular weight excluding hydrogens is 354 g/mol. The molecule has 0 aliphatic heterocycles. The van der Waals surface area contributed by atoms with Crippen molar-refractivity contribution in [1.82, 2.24) is 5.32 Å². The van der Waals surface area contributed by atoms with Gasteiger partial charge in [-0.2, -0.15) is 0 Å².